The molecule has 2 radical (unpaired) electrons. The Balaban J connectivity index is -0.0000000919. The van der Waals surface area contributed by atoms with Gasteiger partial charge in [-0.1, -0.05) is 221 Å². The number of rotatable bonds is 4. The minimum absolute atomic E-state index is 0. The predicted octanol–water partition coefficient (Wildman–Crippen LogP) is 23.5. The van der Waals surface area contributed by atoms with E-state index in [2.05, 4.69) is 165 Å². The number of hydrogen-bond acceptors (Lipinski definition) is 16. The second-order valence-electron chi connectivity index (χ2n) is 15.1. The number of nitrogens with zero attached hydrogens (tertiary/aromatic N) is 16. The fraction of sp³-hybridized carbons (Fsp3) is 0.330. The van der Waals surface area contributed by atoms with Crippen LogP contribution in [-0.4, -0.2) is 100 Å². The molecule has 11 aromatic rings. The van der Waals surface area contributed by atoms with Crippen molar-refractivity contribution in [2.24, 2.45) is 9.98 Å². The van der Waals surface area contributed by atoms with Crippen molar-refractivity contribution in [1.82, 2.24) is 81.1 Å². The van der Waals surface area contributed by atoms with Crippen LogP contribution < -0.4 is 0 Å². The topological polar surface area (TPSA) is 237 Å². The molecule has 14 rings (SSSR count). The van der Waals surface area contributed by atoms with Gasteiger partial charge in [0.05, 0.1) is 31.3 Å². The quantitative estimate of drug-likeness (QED) is 0.156. The van der Waals surface area contributed by atoms with E-state index in [-0.39, 0.29) is 65.4 Å². The predicted molar refractivity (Wildman–Crippen MR) is 459 cm³/mol. The summed E-state index contributed by atoms with van der Waals surface area (Å²) in [5.41, 5.74) is 6.01. The molecule has 18 nitrogen and oxygen atoms in total. The molecule has 0 saturated carbocycles. The molecular weight excluding hydrogens is 1490 g/mol. The molecule has 0 saturated heterocycles. The molecule has 9 heterocycles. The van der Waals surface area contributed by atoms with Crippen LogP contribution in [0.15, 0.2) is 304 Å². The van der Waals surface area contributed by atoms with Crippen LogP contribution >= 0.6 is 0 Å². The maximum atomic E-state index is 4.00. The number of H-pyrrole nitrogens is 2. The first kappa shape index (κ1) is 126. The fourth-order valence-electron chi connectivity index (χ4n) is 5.37. The fourth-order valence-corrected chi connectivity index (χ4v) is 5.37. The molecule has 588 valence electrons. The summed E-state index contributed by atoms with van der Waals surface area (Å²) in [6, 6.07) is 54.8. The van der Waals surface area contributed by atoms with Gasteiger partial charge in [-0.05, 0) is 60.5 Å². The molecule has 2 aliphatic heterocycles. The van der Waals surface area contributed by atoms with E-state index in [0.29, 0.717) is 0 Å². The molecule has 0 spiro atoms. The van der Waals surface area contributed by atoms with Crippen LogP contribution in [0.3, 0.4) is 0 Å². The van der Waals surface area contributed by atoms with Crippen molar-refractivity contribution in [2.45, 2.75) is 192 Å². The van der Waals surface area contributed by atoms with E-state index >= 15 is 0 Å². The zero-order valence-electron chi connectivity index (χ0n) is 70.4. The Morgan fingerprint density at radius 3 is 0.972 bits per heavy atom. The van der Waals surface area contributed by atoms with Crippen LogP contribution in [0.1, 0.15) is 207 Å². The van der Waals surface area contributed by atoms with Gasteiger partial charge in [-0.25, -0.2) is 15.0 Å². The third-order valence-corrected chi connectivity index (χ3v) is 9.01. The van der Waals surface area contributed by atoms with Crippen LogP contribution in [0.4, 0.5) is 0 Å². The van der Waals surface area contributed by atoms with Crippen molar-refractivity contribution in [2.75, 3.05) is 6.54 Å². The summed E-state index contributed by atoms with van der Waals surface area (Å²) in [5.74, 6) is 0. The summed E-state index contributed by atoms with van der Waals surface area (Å²) >= 11 is 0. The Hall–Kier alpha value is -9.06. The Bertz CT molecular complexity index is 2670. The van der Waals surface area contributed by atoms with Crippen molar-refractivity contribution in [3.8, 4) is 0 Å². The molecule has 0 fully saturated rings. The second kappa shape index (κ2) is 137. The summed E-state index contributed by atoms with van der Waals surface area (Å²) in [6.07, 6.45) is 51.3. The molecule has 3 aliphatic rings. The second-order valence-corrected chi connectivity index (χ2v) is 15.1. The van der Waals surface area contributed by atoms with E-state index in [1.54, 1.807) is 111 Å². The van der Waals surface area contributed by atoms with Gasteiger partial charge in [0.25, 0.3) is 0 Å². The van der Waals surface area contributed by atoms with Crippen LogP contribution in [-0.2, 0) is 78.3 Å². The van der Waals surface area contributed by atoms with E-state index in [9.17, 15) is 0 Å². The monoisotopic (exact) mass is 1620 g/mol. The first-order valence-electron chi connectivity index (χ1n) is 37.3. The first-order valence-corrected chi connectivity index (χ1v) is 37.3. The number of aliphatic imine (C=N–C) groups is 2. The number of allylic oxidation sites excluding steroid dienone is 6. The maximum absolute atomic E-state index is 4.00. The third-order valence-electron chi connectivity index (χ3n) is 9.01. The van der Waals surface area contributed by atoms with Crippen LogP contribution in [0, 0.1) is 25.1 Å². The van der Waals surface area contributed by atoms with E-state index in [0.717, 1.165) is 37.8 Å². The molecule has 2 N–H and O–H groups in total. The van der Waals surface area contributed by atoms with Gasteiger partial charge < -0.3 is 0 Å². The van der Waals surface area contributed by atoms with E-state index in [1.165, 1.54) is 41.2 Å². The molecule has 0 atom stereocenters. The van der Waals surface area contributed by atoms with Crippen molar-refractivity contribution in [3.63, 3.8) is 0 Å². The van der Waals surface area contributed by atoms with Crippen molar-refractivity contribution in [1.29, 1.82) is 0 Å². The summed E-state index contributed by atoms with van der Waals surface area (Å²) in [4.78, 5) is 29.8. The van der Waals surface area contributed by atoms with Crippen molar-refractivity contribution >= 4 is 12.4 Å². The minimum Gasteiger partial charge on any atom is -0.289 e. The maximum Gasteiger partial charge on any atom is 0.137 e. The summed E-state index contributed by atoms with van der Waals surface area (Å²) in [6.45, 7) is 52.9. The van der Waals surface area contributed by atoms with Gasteiger partial charge in [0, 0.05) is 152 Å². The Kier molecular flexibility index (Phi) is 159. The molecule has 4 aromatic carbocycles. The average Bonchev–Trinajstić information content (AvgIpc) is 1.26. The van der Waals surface area contributed by atoms with Gasteiger partial charge >= 0.3 is 0 Å². The molecule has 0 bridgehead atoms. The zero-order chi connectivity index (χ0) is 81.6. The number of nitrogens with one attached hydrogen (secondary N) is 2. The van der Waals surface area contributed by atoms with Gasteiger partial charge in [0.1, 0.15) is 19.0 Å². The zero-order valence-corrected chi connectivity index (χ0v) is 76.1. The molecule has 108 heavy (non-hydrogen) atoms. The summed E-state index contributed by atoms with van der Waals surface area (Å²) < 4.78 is 0. The normalized spacial score (nSPS) is 8.56. The molecule has 0 unspecified atom stereocenters. The van der Waals surface area contributed by atoms with E-state index in [1.807, 2.05) is 294 Å². The van der Waals surface area contributed by atoms with Gasteiger partial charge in [-0.3, -0.25) is 30.0 Å². The number of pyridine rings is 1. The van der Waals surface area contributed by atoms with Crippen LogP contribution in [0.2, 0.25) is 0 Å². The SMILES string of the molecule is C1=CCC=C1.C1=CCN=C1.C1=CN=CC1.CC.CC.CC.CC.CC.CC.CC.CC.CC.CC.CC.CC.[CH2-]c1ccccc1Cc1[c-]cccc1.[Y].[Y].[c-]1ccccc1Cc1[c-]cccc1.c1ccncc1.c1ccnnc1.c1cn[nH]n1.c1cnccn1.c1cncnc1.c1cnnnc1.c1nc[nH]n1. The molecule has 1 aliphatic carbocycles. The third kappa shape index (κ3) is 113. The van der Waals surface area contributed by atoms with Gasteiger partial charge in [0.2, 0.25) is 0 Å². The van der Waals surface area contributed by atoms with Crippen molar-refractivity contribution < 1.29 is 65.4 Å². The van der Waals surface area contributed by atoms with Crippen LogP contribution in [0.5, 0.6) is 0 Å². The average molecular weight is 1620 g/mol. The molecule has 20 heteroatoms. The van der Waals surface area contributed by atoms with Gasteiger partial charge in [-0.2, -0.15) is 157 Å². The summed E-state index contributed by atoms with van der Waals surface area (Å²) in [7, 11) is 0. The van der Waals surface area contributed by atoms with Crippen molar-refractivity contribution in [3.05, 3.63) is 347 Å². The van der Waals surface area contributed by atoms with E-state index < -0.39 is 0 Å². The first-order chi connectivity index (χ1) is 52.8. The molecule has 7 aromatic heterocycles. The minimum atomic E-state index is 0. The summed E-state index contributed by atoms with van der Waals surface area (Å²) in [5, 5.41) is 32.5. The number of hydrogen-bond donors (Lipinski definition) is 2. The molecular formula is C88H136N18Y2-4. The number of benzene rings is 4. The number of aromatic amines is 2. The molecule has 0 amide bonds. The Morgan fingerprint density at radius 1 is 0.352 bits per heavy atom. The van der Waals surface area contributed by atoms with E-state index in [4.69, 9.17) is 0 Å². The van der Waals surface area contributed by atoms with Gasteiger partial charge in [-0.15, -0.1) is 27.9 Å². The smallest absolute Gasteiger partial charge is 0.137 e. The van der Waals surface area contributed by atoms with Gasteiger partial charge in [0.15, 0.2) is 0 Å². The van der Waals surface area contributed by atoms with Crippen LogP contribution in [0.25, 0.3) is 0 Å². The number of aromatic nitrogens is 16. The Morgan fingerprint density at radius 2 is 0.769 bits per heavy atom. The largest absolute Gasteiger partial charge is 0.289 e. The standard InChI is InChI=1S/C14H12.C13H10.C5H5N.C5H6.3C4H4N2.2C4H5N.C3H3N3.2C2H3N3.12C2H6.2Y/c1-12-7-5-6-10-14(12)11-13-8-3-2-4-9-13;1-3-7-12(8-4-1)11-13-9-5-2-6-10-13;1-2-4-6-5-3-1;1-2-4-5-3-1;1-2-6-4-3-5-1;1-2-5-4-6-3-1;1-2-4-6-5-3-1;2*1-2-4-5-3-1;1-2-4-6-5-3-1;1-3-2-5-4-1;1-2-4-5-3-1;12*1-2;;/h2-8,10H,1,11H2;1-7,9H,11H2;1-5H;1-4H,5H2;3*1-4H;1,3-4H,2H2;1-3H,4H2;1-3H;2*1-2H,(H,3,4,5);12*1-2H3;;/q2*-2;;;;;;;;;;;;;;;;;;;;;;;;. The Labute approximate surface area is 708 Å².